The molecule has 3 rings (SSSR count). The van der Waals surface area contributed by atoms with Gasteiger partial charge in [0.15, 0.2) is 6.19 Å². The van der Waals surface area contributed by atoms with E-state index in [1.165, 1.54) is 6.07 Å². The smallest absolute Gasteiger partial charge is 0.397 e. The van der Waals surface area contributed by atoms with Crippen LogP contribution in [0.3, 0.4) is 0 Å². The molecule has 12 heteroatoms. The Morgan fingerprint density at radius 1 is 1.21 bits per heavy atom. The maximum absolute atomic E-state index is 13.3. The van der Waals surface area contributed by atoms with Crippen molar-refractivity contribution in [2.75, 3.05) is 16.8 Å². The van der Waals surface area contributed by atoms with Gasteiger partial charge in [0.2, 0.25) is 5.96 Å². The molecule has 0 saturated carbocycles. The minimum absolute atomic E-state index is 0.0385. The van der Waals surface area contributed by atoms with E-state index >= 15 is 0 Å². The second-order valence-corrected chi connectivity index (χ2v) is 6.92. The Bertz CT molecular complexity index is 1080. The van der Waals surface area contributed by atoms with Gasteiger partial charge in [0.25, 0.3) is 0 Å². The number of anilines is 3. The summed E-state index contributed by atoms with van der Waals surface area (Å²) >= 11 is 1.77. The number of hydrogen-bond acceptors (Lipinski definition) is 8. The molecule has 0 spiro atoms. The molecule has 0 saturated heterocycles. The van der Waals surface area contributed by atoms with Gasteiger partial charge in [-0.3, -0.25) is 5.32 Å². The molecule has 2 aromatic rings. The lowest BCUT2D eigenvalue weighted by molar-refractivity contribution is -0.137. The Morgan fingerprint density at radius 2 is 1.93 bits per heavy atom. The van der Waals surface area contributed by atoms with E-state index in [2.05, 4.69) is 20.6 Å². The van der Waals surface area contributed by atoms with Gasteiger partial charge in [0.1, 0.15) is 29.3 Å². The van der Waals surface area contributed by atoms with E-state index in [9.17, 15) is 18.4 Å². The normalized spacial score (nSPS) is 15.5. The zero-order valence-electron chi connectivity index (χ0n) is 13.8. The average molecular weight is 498 g/mol. The van der Waals surface area contributed by atoms with E-state index < -0.39 is 17.8 Å². The highest BCUT2D eigenvalue weighted by Crippen LogP contribution is 2.42. The molecule has 142 valence electrons. The summed E-state index contributed by atoms with van der Waals surface area (Å²) in [5.74, 6) is -0.0931. The number of aliphatic imine (C=N–C) groups is 1. The van der Waals surface area contributed by atoms with Crippen LogP contribution in [0.5, 0.6) is 0 Å². The molecular formula is C16H10F3IN8. The first kappa shape index (κ1) is 19.5. The summed E-state index contributed by atoms with van der Waals surface area (Å²) in [5, 5.41) is 23.1. The highest BCUT2D eigenvalue weighted by atomic mass is 127. The number of nitrogens with two attached hydrogens (primary N) is 2. The monoisotopic (exact) mass is 498 g/mol. The second kappa shape index (κ2) is 7.05. The van der Waals surface area contributed by atoms with Crippen LogP contribution < -0.4 is 22.1 Å². The van der Waals surface area contributed by atoms with Crippen molar-refractivity contribution in [2.24, 2.45) is 4.99 Å². The maximum atomic E-state index is 13.3. The Morgan fingerprint density at radius 3 is 2.54 bits per heavy atom. The van der Waals surface area contributed by atoms with Crippen LogP contribution in [0.2, 0.25) is 0 Å². The average Bonchev–Trinajstić information content (AvgIpc) is 2.60. The topological polar surface area (TPSA) is 149 Å². The van der Waals surface area contributed by atoms with Crippen molar-refractivity contribution in [3.05, 3.63) is 44.0 Å². The van der Waals surface area contributed by atoms with Crippen molar-refractivity contribution in [1.82, 2.24) is 10.3 Å². The molecule has 0 radical (unpaired) electrons. The van der Waals surface area contributed by atoms with Crippen LogP contribution in [-0.2, 0) is 6.18 Å². The van der Waals surface area contributed by atoms with Gasteiger partial charge >= 0.3 is 6.18 Å². The van der Waals surface area contributed by atoms with Crippen molar-refractivity contribution in [3.63, 3.8) is 0 Å². The number of guanidine groups is 1. The zero-order valence-corrected chi connectivity index (χ0v) is 15.9. The molecule has 2 heterocycles. The van der Waals surface area contributed by atoms with Gasteiger partial charge < -0.3 is 16.8 Å². The predicted octanol–water partition coefficient (Wildman–Crippen LogP) is 2.68. The van der Waals surface area contributed by atoms with Gasteiger partial charge in [-0.2, -0.15) is 23.7 Å². The number of halogens is 4. The van der Waals surface area contributed by atoms with Crippen LogP contribution >= 0.6 is 22.6 Å². The van der Waals surface area contributed by atoms with Crippen molar-refractivity contribution < 1.29 is 13.2 Å². The lowest BCUT2D eigenvalue weighted by Crippen LogP contribution is -2.32. The molecule has 1 aliphatic heterocycles. The van der Waals surface area contributed by atoms with Crippen LogP contribution in [0.1, 0.15) is 28.3 Å². The van der Waals surface area contributed by atoms with E-state index in [1.54, 1.807) is 28.8 Å². The third-order valence-electron chi connectivity index (χ3n) is 3.92. The SMILES string of the molecule is N#CNC1=NC(c2cc(I)cc(C(F)(F)F)c2)c2c(nc(N)c(C#N)c2N)N1. The quantitative estimate of drug-likeness (QED) is 0.268. The lowest BCUT2D eigenvalue weighted by atomic mass is 9.94. The largest absolute Gasteiger partial charge is 0.416 e. The third kappa shape index (κ3) is 3.46. The Kier molecular flexibility index (Phi) is 4.91. The van der Waals surface area contributed by atoms with Crippen LogP contribution in [0, 0.1) is 26.4 Å². The third-order valence-corrected chi connectivity index (χ3v) is 4.54. The fraction of sp³-hybridized carbons (Fsp3) is 0.125. The summed E-state index contributed by atoms with van der Waals surface area (Å²) in [5.41, 5.74) is 11.2. The lowest BCUT2D eigenvalue weighted by Gasteiger charge is -2.26. The molecule has 0 bridgehead atoms. The number of aromatic nitrogens is 1. The molecule has 6 N–H and O–H groups in total. The first-order valence-corrected chi connectivity index (χ1v) is 8.60. The number of pyridine rings is 1. The number of nitrogens with zero attached hydrogens (tertiary/aromatic N) is 4. The second-order valence-electron chi connectivity index (χ2n) is 5.67. The first-order chi connectivity index (χ1) is 13.2. The number of nitrogens with one attached hydrogen (secondary N) is 2. The summed E-state index contributed by atoms with van der Waals surface area (Å²) < 4.78 is 40.1. The molecule has 28 heavy (non-hydrogen) atoms. The first-order valence-electron chi connectivity index (χ1n) is 7.52. The van der Waals surface area contributed by atoms with Gasteiger partial charge in [0.05, 0.1) is 11.3 Å². The van der Waals surface area contributed by atoms with E-state index in [4.69, 9.17) is 16.7 Å². The van der Waals surface area contributed by atoms with E-state index in [0.29, 0.717) is 3.57 Å². The molecule has 0 fully saturated rings. The number of fused-ring (bicyclic) bond motifs is 1. The fourth-order valence-corrected chi connectivity index (χ4v) is 3.45. The minimum atomic E-state index is -4.56. The van der Waals surface area contributed by atoms with Gasteiger partial charge in [-0.25, -0.2) is 9.98 Å². The summed E-state index contributed by atoms with van der Waals surface area (Å²) in [6.45, 7) is 0. The van der Waals surface area contributed by atoms with Crippen LogP contribution in [-0.4, -0.2) is 10.9 Å². The molecule has 0 aliphatic carbocycles. The van der Waals surface area contributed by atoms with Gasteiger partial charge in [-0.1, -0.05) is 0 Å². The molecule has 1 atom stereocenters. The molecular weight excluding hydrogens is 488 g/mol. The predicted molar refractivity (Wildman–Crippen MR) is 104 cm³/mol. The van der Waals surface area contributed by atoms with Crippen molar-refractivity contribution >= 4 is 45.9 Å². The van der Waals surface area contributed by atoms with Gasteiger partial charge in [0, 0.05) is 9.13 Å². The molecule has 1 unspecified atom stereocenters. The van der Waals surface area contributed by atoms with E-state index in [-0.39, 0.29) is 40.0 Å². The van der Waals surface area contributed by atoms with Crippen molar-refractivity contribution in [3.8, 4) is 12.3 Å². The van der Waals surface area contributed by atoms with Crippen molar-refractivity contribution in [1.29, 1.82) is 10.5 Å². The summed E-state index contributed by atoms with van der Waals surface area (Å²) in [4.78, 5) is 8.30. The van der Waals surface area contributed by atoms with Crippen molar-refractivity contribution in [2.45, 2.75) is 12.2 Å². The molecule has 1 aromatic heterocycles. The Labute approximate surface area is 170 Å². The number of nitriles is 2. The number of rotatable bonds is 1. The zero-order chi connectivity index (χ0) is 20.6. The number of hydrogen-bond donors (Lipinski definition) is 4. The summed E-state index contributed by atoms with van der Waals surface area (Å²) in [6, 6.07) is 4.23. The molecule has 8 nitrogen and oxygen atoms in total. The van der Waals surface area contributed by atoms with Crippen LogP contribution in [0.15, 0.2) is 23.2 Å². The van der Waals surface area contributed by atoms with Crippen LogP contribution in [0.4, 0.5) is 30.5 Å². The number of alkyl halides is 3. The molecule has 0 amide bonds. The van der Waals surface area contributed by atoms with Crippen LogP contribution in [0.25, 0.3) is 0 Å². The molecule has 1 aliphatic rings. The fourth-order valence-electron chi connectivity index (χ4n) is 2.76. The summed E-state index contributed by atoms with van der Waals surface area (Å²) in [7, 11) is 0. The van der Waals surface area contributed by atoms with Gasteiger partial charge in [-0.15, -0.1) is 0 Å². The van der Waals surface area contributed by atoms with E-state index in [1.807, 2.05) is 6.07 Å². The molecule has 1 aromatic carbocycles. The maximum Gasteiger partial charge on any atom is 0.416 e. The summed E-state index contributed by atoms with van der Waals surface area (Å²) in [6.07, 6.45) is -2.89. The van der Waals surface area contributed by atoms with Gasteiger partial charge in [-0.05, 0) is 46.4 Å². The number of nitrogen functional groups attached to an aromatic ring is 2. The highest BCUT2D eigenvalue weighted by molar-refractivity contribution is 14.1. The standard InChI is InChI=1S/C16H10F3IN8/c17-16(18,19)7-1-6(2-8(20)3-7)12-10-11(23)9(4-21)13(24)27-14(10)28-15(26-12)25-5-22/h1-3,12H,(H6,23,24,25,26,27,28). The Balaban J connectivity index is 2.28. The minimum Gasteiger partial charge on any atom is -0.397 e. The number of benzene rings is 1. The Hall–Kier alpha value is -3.26. The van der Waals surface area contributed by atoms with E-state index in [0.717, 1.165) is 12.1 Å². The highest BCUT2D eigenvalue weighted by Gasteiger charge is 2.34.